The number of aromatic nitrogens is 4. The number of halogens is 1. The fourth-order valence-corrected chi connectivity index (χ4v) is 3.85. The average molecular weight is 361 g/mol. The van der Waals surface area contributed by atoms with Gasteiger partial charge in [-0.05, 0) is 55.5 Å². The smallest absolute Gasteiger partial charge is 0.197 e. The minimum atomic E-state index is -0.153. The molecule has 1 atom stereocenters. The number of rotatable bonds is 3. The Morgan fingerprint density at radius 2 is 1.85 bits per heavy atom. The van der Waals surface area contributed by atoms with Crippen molar-refractivity contribution in [2.45, 2.75) is 38.1 Å². The van der Waals surface area contributed by atoms with Gasteiger partial charge in [0, 0.05) is 42.8 Å². The molecule has 1 aliphatic heterocycles. The van der Waals surface area contributed by atoms with Crippen molar-refractivity contribution in [3.05, 3.63) is 65.5 Å². The Bertz CT molecular complexity index is 987. The summed E-state index contributed by atoms with van der Waals surface area (Å²) in [5.74, 6) is 1.47. The van der Waals surface area contributed by atoms with Crippen molar-refractivity contribution < 1.29 is 4.39 Å². The van der Waals surface area contributed by atoms with Crippen molar-refractivity contribution in [3.63, 3.8) is 0 Å². The predicted molar refractivity (Wildman–Crippen MR) is 101 cm³/mol. The molecule has 136 valence electrons. The standard InChI is InChI=1S/C21H20FN5/c1-13-18-12-25-21(20-23-6-2-7-24-20)26-19(18)5-8-27(13)17-10-15(14-3-4-14)9-16(22)11-17/h2,6-7,9-14H,3-5,8H2,1H3. The molecule has 1 aromatic carbocycles. The average Bonchev–Trinajstić information content (AvgIpc) is 3.53. The lowest BCUT2D eigenvalue weighted by molar-refractivity contribution is 0.597. The van der Waals surface area contributed by atoms with Gasteiger partial charge in [0.05, 0.1) is 11.7 Å². The van der Waals surface area contributed by atoms with Crippen molar-refractivity contribution >= 4 is 5.69 Å². The van der Waals surface area contributed by atoms with Crippen molar-refractivity contribution in [2.24, 2.45) is 0 Å². The SMILES string of the molecule is CC1c2cnc(-c3ncccn3)nc2CCN1c1cc(F)cc(C2CC2)c1. The fraction of sp³-hybridized carbons (Fsp3) is 0.333. The first-order chi connectivity index (χ1) is 13.2. The Labute approximate surface area is 157 Å². The van der Waals surface area contributed by atoms with E-state index in [2.05, 4.69) is 32.8 Å². The second-order valence-electron chi connectivity index (χ2n) is 7.30. The number of benzene rings is 1. The van der Waals surface area contributed by atoms with Gasteiger partial charge in [0.1, 0.15) is 5.82 Å². The van der Waals surface area contributed by atoms with Crippen LogP contribution in [0.3, 0.4) is 0 Å². The molecule has 1 aliphatic carbocycles. The van der Waals surface area contributed by atoms with Crippen molar-refractivity contribution in [2.75, 3.05) is 11.4 Å². The highest BCUT2D eigenvalue weighted by Gasteiger charge is 2.29. The van der Waals surface area contributed by atoms with Gasteiger partial charge in [0.2, 0.25) is 0 Å². The van der Waals surface area contributed by atoms with E-state index >= 15 is 0 Å². The zero-order valence-electron chi connectivity index (χ0n) is 15.1. The summed E-state index contributed by atoms with van der Waals surface area (Å²) in [4.78, 5) is 19.9. The molecule has 6 heteroatoms. The van der Waals surface area contributed by atoms with Gasteiger partial charge < -0.3 is 4.90 Å². The molecule has 1 fully saturated rings. The Morgan fingerprint density at radius 1 is 1.04 bits per heavy atom. The van der Waals surface area contributed by atoms with Crippen LogP contribution in [-0.2, 0) is 6.42 Å². The minimum Gasteiger partial charge on any atom is -0.364 e. The van der Waals surface area contributed by atoms with Crippen molar-refractivity contribution in [3.8, 4) is 11.6 Å². The summed E-state index contributed by atoms with van der Waals surface area (Å²) < 4.78 is 14.2. The fourth-order valence-electron chi connectivity index (χ4n) is 3.85. The molecule has 2 aromatic heterocycles. The van der Waals surface area contributed by atoms with Gasteiger partial charge in [0.25, 0.3) is 0 Å². The van der Waals surface area contributed by atoms with Gasteiger partial charge in [-0.25, -0.2) is 24.3 Å². The quantitative estimate of drug-likeness (QED) is 0.704. The van der Waals surface area contributed by atoms with Crippen LogP contribution in [0.2, 0.25) is 0 Å². The maximum absolute atomic E-state index is 14.2. The van der Waals surface area contributed by atoms with E-state index in [1.807, 2.05) is 6.20 Å². The molecule has 1 unspecified atom stereocenters. The van der Waals surface area contributed by atoms with Crippen LogP contribution in [0.4, 0.5) is 10.1 Å². The third kappa shape index (κ3) is 3.05. The van der Waals surface area contributed by atoms with Gasteiger partial charge in [0.15, 0.2) is 11.6 Å². The lowest BCUT2D eigenvalue weighted by Crippen LogP contribution is -2.35. The first kappa shape index (κ1) is 16.3. The summed E-state index contributed by atoms with van der Waals surface area (Å²) in [6.07, 6.45) is 8.37. The first-order valence-electron chi connectivity index (χ1n) is 9.39. The van der Waals surface area contributed by atoms with E-state index in [-0.39, 0.29) is 11.9 Å². The minimum absolute atomic E-state index is 0.0911. The summed E-state index contributed by atoms with van der Waals surface area (Å²) in [6.45, 7) is 2.93. The lowest BCUT2D eigenvalue weighted by Gasteiger charge is -2.36. The molecular weight excluding hydrogens is 341 g/mol. The second-order valence-corrected chi connectivity index (χ2v) is 7.30. The number of hydrogen-bond donors (Lipinski definition) is 0. The molecule has 1 saturated carbocycles. The molecule has 2 aliphatic rings. The predicted octanol–water partition coefficient (Wildman–Crippen LogP) is 4.07. The lowest BCUT2D eigenvalue weighted by atomic mass is 9.98. The second kappa shape index (κ2) is 6.37. The van der Waals surface area contributed by atoms with Crippen molar-refractivity contribution in [1.82, 2.24) is 19.9 Å². The van der Waals surface area contributed by atoms with Crippen LogP contribution in [0, 0.1) is 5.82 Å². The highest BCUT2D eigenvalue weighted by Crippen LogP contribution is 2.42. The van der Waals surface area contributed by atoms with Crippen LogP contribution >= 0.6 is 0 Å². The maximum atomic E-state index is 14.2. The molecule has 27 heavy (non-hydrogen) atoms. The molecule has 0 saturated heterocycles. The molecule has 5 nitrogen and oxygen atoms in total. The van der Waals surface area contributed by atoms with E-state index in [4.69, 9.17) is 4.98 Å². The van der Waals surface area contributed by atoms with Gasteiger partial charge >= 0.3 is 0 Å². The summed E-state index contributed by atoms with van der Waals surface area (Å²) in [6, 6.07) is 7.33. The molecular formula is C21H20FN5. The summed E-state index contributed by atoms with van der Waals surface area (Å²) in [5, 5.41) is 0. The monoisotopic (exact) mass is 361 g/mol. The summed E-state index contributed by atoms with van der Waals surface area (Å²) in [7, 11) is 0. The zero-order valence-corrected chi connectivity index (χ0v) is 15.1. The molecule has 0 spiro atoms. The number of fused-ring (bicyclic) bond motifs is 1. The zero-order chi connectivity index (χ0) is 18.4. The molecule has 0 bridgehead atoms. The van der Waals surface area contributed by atoms with E-state index < -0.39 is 0 Å². The van der Waals surface area contributed by atoms with E-state index in [1.54, 1.807) is 30.6 Å². The highest BCUT2D eigenvalue weighted by atomic mass is 19.1. The Kier molecular flexibility index (Phi) is 3.85. The summed E-state index contributed by atoms with van der Waals surface area (Å²) in [5.41, 5.74) is 4.18. The van der Waals surface area contributed by atoms with E-state index in [0.717, 1.165) is 35.5 Å². The molecule has 3 aromatic rings. The Hall–Kier alpha value is -2.89. The van der Waals surface area contributed by atoms with Crippen molar-refractivity contribution in [1.29, 1.82) is 0 Å². The van der Waals surface area contributed by atoms with Gasteiger partial charge in [-0.3, -0.25) is 0 Å². The normalized spacial score (nSPS) is 19.0. The van der Waals surface area contributed by atoms with Crippen LogP contribution in [-0.4, -0.2) is 26.5 Å². The maximum Gasteiger partial charge on any atom is 0.197 e. The number of hydrogen-bond acceptors (Lipinski definition) is 5. The van der Waals surface area contributed by atoms with E-state index in [0.29, 0.717) is 17.6 Å². The Balaban J connectivity index is 1.47. The molecule has 0 radical (unpaired) electrons. The highest BCUT2D eigenvalue weighted by molar-refractivity contribution is 5.54. The molecule has 0 N–H and O–H groups in total. The van der Waals surface area contributed by atoms with Gasteiger partial charge in [-0.1, -0.05) is 0 Å². The van der Waals surface area contributed by atoms with Crippen LogP contribution in [0.1, 0.15) is 48.5 Å². The number of nitrogens with zero attached hydrogens (tertiary/aromatic N) is 5. The molecule has 3 heterocycles. The van der Waals surface area contributed by atoms with Crippen LogP contribution < -0.4 is 4.90 Å². The van der Waals surface area contributed by atoms with Gasteiger partial charge in [-0.15, -0.1) is 0 Å². The van der Waals surface area contributed by atoms with Crippen LogP contribution in [0.5, 0.6) is 0 Å². The topological polar surface area (TPSA) is 54.8 Å². The molecule has 0 amide bonds. The first-order valence-corrected chi connectivity index (χ1v) is 9.39. The molecule has 5 rings (SSSR count). The van der Waals surface area contributed by atoms with Crippen LogP contribution in [0.25, 0.3) is 11.6 Å². The van der Waals surface area contributed by atoms with Crippen LogP contribution in [0.15, 0.2) is 42.9 Å². The van der Waals surface area contributed by atoms with E-state index in [1.165, 1.54) is 12.8 Å². The van der Waals surface area contributed by atoms with Gasteiger partial charge in [-0.2, -0.15) is 0 Å². The third-order valence-electron chi connectivity index (χ3n) is 5.46. The van der Waals surface area contributed by atoms with E-state index in [9.17, 15) is 4.39 Å². The Morgan fingerprint density at radius 3 is 2.63 bits per heavy atom. The third-order valence-corrected chi connectivity index (χ3v) is 5.46. The summed E-state index contributed by atoms with van der Waals surface area (Å²) >= 11 is 0. The number of anilines is 1. The largest absolute Gasteiger partial charge is 0.364 e.